The van der Waals surface area contributed by atoms with E-state index in [1.165, 1.54) is 0 Å². The predicted molar refractivity (Wildman–Crippen MR) is 71.8 cm³/mol. The first-order chi connectivity index (χ1) is 8.38. The van der Waals surface area contributed by atoms with Gasteiger partial charge in [-0.05, 0) is 56.7 Å². The number of benzene rings is 1. The first-order valence-corrected chi connectivity index (χ1v) is 8.41. The van der Waals surface area contributed by atoms with Crippen LogP contribution in [0, 0.1) is 13.8 Å². The molecular weight excluding hydrogens is 272 g/mol. The maximum atomic E-state index is 11.6. The Balaban J connectivity index is 2.43. The van der Waals surface area contributed by atoms with E-state index in [1.807, 2.05) is 19.9 Å². The summed E-state index contributed by atoms with van der Waals surface area (Å²) in [5, 5.41) is 0. The van der Waals surface area contributed by atoms with Gasteiger partial charge in [-0.3, -0.25) is 0 Å². The van der Waals surface area contributed by atoms with Crippen LogP contribution < -0.4 is 4.74 Å². The summed E-state index contributed by atoms with van der Waals surface area (Å²) in [6.07, 6.45) is 4.35. The molecule has 1 aromatic rings. The molecule has 1 saturated carbocycles. The lowest BCUT2D eigenvalue weighted by Crippen LogP contribution is -2.14. The second-order valence-electron chi connectivity index (χ2n) is 4.87. The number of halogens is 1. The monoisotopic (exact) mass is 288 g/mol. The van der Waals surface area contributed by atoms with Gasteiger partial charge in [0.15, 0.2) is 0 Å². The summed E-state index contributed by atoms with van der Waals surface area (Å²) >= 11 is 0. The van der Waals surface area contributed by atoms with Crippen LogP contribution in [-0.2, 0) is 9.05 Å². The van der Waals surface area contributed by atoms with E-state index in [4.69, 9.17) is 15.4 Å². The van der Waals surface area contributed by atoms with Crippen LogP contribution in [0.4, 0.5) is 0 Å². The van der Waals surface area contributed by atoms with Crippen molar-refractivity contribution in [3.05, 3.63) is 23.3 Å². The molecule has 3 nitrogen and oxygen atoms in total. The highest BCUT2D eigenvalue weighted by Crippen LogP contribution is 2.34. The fourth-order valence-electron chi connectivity index (χ4n) is 2.42. The lowest BCUT2D eigenvalue weighted by atomic mass is 10.1. The van der Waals surface area contributed by atoms with E-state index in [0.29, 0.717) is 5.75 Å². The van der Waals surface area contributed by atoms with Gasteiger partial charge in [0.25, 0.3) is 9.05 Å². The molecule has 0 radical (unpaired) electrons. The summed E-state index contributed by atoms with van der Waals surface area (Å²) in [5.41, 5.74) is 1.69. The quantitative estimate of drug-likeness (QED) is 0.799. The van der Waals surface area contributed by atoms with Gasteiger partial charge in [-0.1, -0.05) is 6.07 Å². The van der Waals surface area contributed by atoms with Crippen LogP contribution in [0.1, 0.15) is 36.8 Å². The highest BCUT2D eigenvalue weighted by molar-refractivity contribution is 8.13. The molecule has 1 aliphatic carbocycles. The van der Waals surface area contributed by atoms with E-state index in [0.717, 1.165) is 36.8 Å². The number of ether oxygens (including phenoxy) is 1. The maximum absolute atomic E-state index is 11.6. The molecule has 1 aliphatic rings. The average molecular weight is 289 g/mol. The van der Waals surface area contributed by atoms with E-state index in [1.54, 1.807) is 6.07 Å². The molecule has 0 N–H and O–H groups in total. The van der Waals surface area contributed by atoms with E-state index in [2.05, 4.69) is 0 Å². The molecule has 1 fully saturated rings. The third-order valence-electron chi connectivity index (χ3n) is 3.23. The largest absolute Gasteiger partial charge is 0.489 e. The van der Waals surface area contributed by atoms with Crippen molar-refractivity contribution in [1.29, 1.82) is 0 Å². The van der Waals surface area contributed by atoms with Gasteiger partial charge in [-0.15, -0.1) is 0 Å². The Morgan fingerprint density at radius 1 is 1.22 bits per heavy atom. The third-order valence-corrected chi connectivity index (χ3v) is 4.56. The second-order valence-corrected chi connectivity index (χ2v) is 7.41. The van der Waals surface area contributed by atoms with Crippen LogP contribution in [0.3, 0.4) is 0 Å². The van der Waals surface area contributed by atoms with Crippen molar-refractivity contribution in [2.45, 2.75) is 50.5 Å². The van der Waals surface area contributed by atoms with Crippen molar-refractivity contribution in [2.24, 2.45) is 0 Å². The smallest absolute Gasteiger partial charge is 0.265 e. The van der Waals surface area contributed by atoms with Crippen molar-refractivity contribution >= 4 is 19.7 Å². The molecule has 0 amide bonds. The number of hydrogen-bond donors (Lipinski definition) is 0. The Labute approximate surface area is 113 Å². The van der Waals surface area contributed by atoms with E-state index in [-0.39, 0.29) is 11.0 Å². The molecule has 0 aliphatic heterocycles. The van der Waals surface area contributed by atoms with Crippen LogP contribution in [0.25, 0.3) is 0 Å². The molecule has 0 aromatic heterocycles. The number of aryl methyl sites for hydroxylation is 2. The fourth-order valence-corrected chi connectivity index (χ4v) is 3.52. The second kappa shape index (κ2) is 5.10. The Bertz CT molecular complexity index is 546. The highest BCUT2D eigenvalue weighted by atomic mass is 35.7. The number of rotatable bonds is 3. The lowest BCUT2D eigenvalue weighted by Gasteiger charge is -2.18. The minimum absolute atomic E-state index is 0.0913. The molecule has 0 saturated heterocycles. The van der Waals surface area contributed by atoms with Crippen LogP contribution >= 0.6 is 10.7 Å². The third kappa shape index (κ3) is 2.98. The minimum Gasteiger partial charge on any atom is -0.489 e. The summed E-state index contributed by atoms with van der Waals surface area (Å²) in [7, 11) is 1.71. The summed E-state index contributed by atoms with van der Waals surface area (Å²) in [5.74, 6) is 0.419. The van der Waals surface area contributed by atoms with Gasteiger partial charge in [0.2, 0.25) is 0 Å². The zero-order chi connectivity index (χ0) is 13.3. The minimum atomic E-state index is -3.77. The molecule has 2 rings (SSSR count). The van der Waals surface area contributed by atoms with E-state index < -0.39 is 9.05 Å². The van der Waals surface area contributed by atoms with Crippen LogP contribution in [-0.4, -0.2) is 14.5 Å². The van der Waals surface area contributed by atoms with E-state index in [9.17, 15) is 8.42 Å². The zero-order valence-electron chi connectivity index (χ0n) is 10.6. The fraction of sp³-hybridized carbons (Fsp3) is 0.538. The first-order valence-electron chi connectivity index (χ1n) is 6.10. The molecule has 0 unspecified atom stereocenters. The zero-order valence-corrected chi connectivity index (χ0v) is 12.1. The number of hydrogen-bond acceptors (Lipinski definition) is 3. The van der Waals surface area contributed by atoms with Gasteiger partial charge in [0.05, 0.1) is 6.10 Å². The van der Waals surface area contributed by atoms with Crippen molar-refractivity contribution in [3.63, 3.8) is 0 Å². The summed E-state index contributed by atoms with van der Waals surface area (Å²) in [6.45, 7) is 3.70. The van der Waals surface area contributed by atoms with Gasteiger partial charge in [-0.2, -0.15) is 0 Å². The van der Waals surface area contributed by atoms with Gasteiger partial charge >= 0.3 is 0 Å². The Hall–Kier alpha value is -0.740. The molecular formula is C13H17ClO3S. The Morgan fingerprint density at radius 3 is 2.39 bits per heavy atom. The van der Waals surface area contributed by atoms with Crippen molar-refractivity contribution < 1.29 is 13.2 Å². The molecule has 0 atom stereocenters. The maximum Gasteiger partial charge on any atom is 0.265 e. The Kier molecular flexibility index (Phi) is 3.87. The molecule has 1 aromatic carbocycles. The van der Waals surface area contributed by atoms with Gasteiger partial charge in [0.1, 0.15) is 10.6 Å². The van der Waals surface area contributed by atoms with Gasteiger partial charge in [-0.25, -0.2) is 8.42 Å². The summed E-state index contributed by atoms with van der Waals surface area (Å²) in [6, 6.07) is 3.48. The average Bonchev–Trinajstić information content (AvgIpc) is 2.72. The topological polar surface area (TPSA) is 43.4 Å². The van der Waals surface area contributed by atoms with Crippen LogP contribution in [0.2, 0.25) is 0 Å². The molecule has 100 valence electrons. The summed E-state index contributed by atoms with van der Waals surface area (Å²) < 4.78 is 29.1. The highest BCUT2D eigenvalue weighted by Gasteiger charge is 2.24. The first kappa shape index (κ1) is 13.7. The molecule has 5 heteroatoms. The van der Waals surface area contributed by atoms with Gasteiger partial charge in [0, 0.05) is 10.7 Å². The van der Waals surface area contributed by atoms with Crippen molar-refractivity contribution in [1.82, 2.24) is 0 Å². The normalized spacial score (nSPS) is 17.1. The molecule has 0 spiro atoms. The van der Waals surface area contributed by atoms with Crippen LogP contribution in [0.15, 0.2) is 17.0 Å². The van der Waals surface area contributed by atoms with Crippen molar-refractivity contribution in [2.75, 3.05) is 0 Å². The van der Waals surface area contributed by atoms with E-state index >= 15 is 0 Å². The van der Waals surface area contributed by atoms with Gasteiger partial charge < -0.3 is 4.74 Å². The van der Waals surface area contributed by atoms with Crippen LogP contribution in [0.5, 0.6) is 5.75 Å². The molecule has 0 heterocycles. The molecule has 18 heavy (non-hydrogen) atoms. The molecule has 0 bridgehead atoms. The summed E-state index contributed by atoms with van der Waals surface area (Å²) in [4.78, 5) is 0.0913. The lowest BCUT2D eigenvalue weighted by molar-refractivity contribution is 0.203. The SMILES string of the molecule is Cc1cc(C)c(OC2CCCC2)c(S(=O)(=O)Cl)c1. The van der Waals surface area contributed by atoms with Crippen molar-refractivity contribution in [3.8, 4) is 5.75 Å². The standard InChI is InChI=1S/C13H17ClO3S/c1-9-7-10(2)13(12(8-9)18(14,15)16)17-11-5-3-4-6-11/h7-8,11H,3-6H2,1-2H3. The predicted octanol–water partition coefficient (Wildman–Crippen LogP) is 3.55. The Morgan fingerprint density at radius 2 is 1.83 bits per heavy atom.